The molecule has 0 amide bonds. The Kier molecular flexibility index (Phi) is 4.55. The first kappa shape index (κ1) is 17.3. The van der Waals surface area contributed by atoms with Crippen LogP contribution in [0.3, 0.4) is 0 Å². The summed E-state index contributed by atoms with van der Waals surface area (Å²) in [5.74, 6) is 1.72. The Labute approximate surface area is 150 Å². The third-order valence-corrected chi connectivity index (χ3v) is 5.49. The molecule has 0 N–H and O–H groups in total. The zero-order valence-corrected chi connectivity index (χ0v) is 15.1. The maximum Gasteiger partial charge on any atom is 0.251 e. The van der Waals surface area contributed by atoms with Crippen LogP contribution >= 0.6 is 0 Å². The second-order valence-corrected chi connectivity index (χ2v) is 8.09. The van der Waals surface area contributed by atoms with Gasteiger partial charge >= 0.3 is 0 Å². The van der Waals surface area contributed by atoms with Gasteiger partial charge in [0.25, 0.3) is 5.89 Å². The van der Waals surface area contributed by atoms with Gasteiger partial charge in [-0.25, -0.2) is 8.42 Å². The lowest BCUT2D eigenvalue weighted by atomic mass is 10.2. The Balaban J connectivity index is 1.61. The van der Waals surface area contributed by atoms with Gasteiger partial charge in [-0.3, -0.25) is 0 Å². The fourth-order valence-electron chi connectivity index (χ4n) is 2.91. The van der Waals surface area contributed by atoms with E-state index in [-0.39, 0.29) is 24.9 Å². The van der Waals surface area contributed by atoms with Crippen molar-refractivity contribution in [2.75, 3.05) is 39.2 Å². The molecule has 3 heterocycles. The van der Waals surface area contributed by atoms with Crippen LogP contribution < -0.4 is 9.47 Å². The fourth-order valence-corrected chi connectivity index (χ4v) is 3.72. The van der Waals surface area contributed by atoms with Crippen LogP contribution in [-0.2, 0) is 14.8 Å². The zero-order valence-electron chi connectivity index (χ0n) is 14.3. The van der Waals surface area contributed by atoms with E-state index in [0.717, 1.165) is 6.42 Å². The summed E-state index contributed by atoms with van der Waals surface area (Å²) in [5.41, 5.74) is 0.638. The van der Waals surface area contributed by atoms with Gasteiger partial charge < -0.3 is 18.6 Å². The number of aromatic nitrogens is 2. The SMILES string of the molecule is CS(=O)(=O)N1CCOC(c2nnc(-c3cccc4c3OCCCO4)o2)C1. The van der Waals surface area contributed by atoms with E-state index in [1.807, 2.05) is 18.2 Å². The molecule has 0 aliphatic carbocycles. The zero-order chi connectivity index (χ0) is 18.1. The molecule has 1 atom stereocenters. The molecule has 0 radical (unpaired) electrons. The normalized spacial score (nSPS) is 21.3. The molecule has 1 aromatic heterocycles. The van der Waals surface area contributed by atoms with E-state index in [2.05, 4.69) is 10.2 Å². The molecule has 2 aromatic rings. The van der Waals surface area contributed by atoms with Crippen molar-refractivity contribution < 1.29 is 27.0 Å². The van der Waals surface area contributed by atoms with Gasteiger partial charge in [-0.05, 0) is 12.1 Å². The first-order chi connectivity index (χ1) is 12.5. The topological polar surface area (TPSA) is 104 Å². The number of hydrogen-bond donors (Lipinski definition) is 0. The van der Waals surface area contributed by atoms with E-state index in [4.69, 9.17) is 18.6 Å². The van der Waals surface area contributed by atoms with E-state index >= 15 is 0 Å². The van der Waals surface area contributed by atoms with Crippen molar-refractivity contribution in [3.8, 4) is 23.0 Å². The highest BCUT2D eigenvalue weighted by atomic mass is 32.2. The quantitative estimate of drug-likeness (QED) is 0.782. The largest absolute Gasteiger partial charge is 0.490 e. The Morgan fingerprint density at radius 1 is 1.15 bits per heavy atom. The molecule has 1 fully saturated rings. The van der Waals surface area contributed by atoms with Crippen molar-refractivity contribution in [2.45, 2.75) is 12.5 Å². The number of hydrogen-bond acceptors (Lipinski definition) is 8. The highest BCUT2D eigenvalue weighted by Crippen LogP contribution is 2.39. The van der Waals surface area contributed by atoms with Crippen LogP contribution in [0.15, 0.2) is 22.6 Å². The summed E-state index contributed by atoms with van der Waals surface area (Å²) in [4.78, 5) is 0. The Bertz CT molecular complexity index is 897. The average molecular weight is 381 g/mol. The van der Waals surface area contributed by atoms with E-state index < -0.39 is 16.1 Å². The second-order valence-electron chi connectivity index (χ2n) is 6.11. The van der Waals surface area contributed by atoms with Crippen LogP contribution in [0.25, 0.3) is 11.5 Å². The number of sulfonamides is 1. The maximum atomic E-state index is 11.8. The monoisotopic (exact) mass is 381 g/mol. The highest BCUT2D eigenvalue weighted by Gasteiger charge is 2.31. The van der Waals surface area contributed by atoms with E-state index in [0.29, 0.717) is 36.8 Å². The van der Waals surface area contributed by atoms with E-state index in [1.165, 1.54) is 10.6 Å². The average Bonchev–Trinajstić information content (AvgIpc) is 2.99. The summed E-state index contributed by atoms with van der Waals surface area (Å²) in [6.45, 7) is 1.86. The van der Waals surface area contributed by atoms with E-state index in [1.54, 1.807) is 0 Å². The summed E-state index contributed by atoms with van der Waals surface area (Å²) in [5, 5.41) is 8.13. The number of ether oxygens (including phenoxy) is 3. The molecule has 0 spiro atoms. The van der Waals surface area contributed by atoms with Crippen LogP contribution in [0.5, 0.6) is 11.5 Å². The lowest BCUT2D eigenvalue weighted by Gasteiger charge is -2.29. The summed E-state index contributed by atoms with van der Waals surface area (Å²) in [6.07, 6.45) is 1.37. The van der Waals surface area contributed by atoms with Gasteiger partial charge in [0.15, 0.2) is 11.5 Å². The van der Waals surface area contributed by atoms with Gasteiger partial charge in [-0.15, -0.1) is 10.2 Å². The molecule has 2 aliphatic rings. The molecule has 10 heteroatoms. The number of benzene rings is 1. The second kappa shape index (κ2) is 6.86. The van der Waals surface area contributed by atoms with Gasteiger partial charge in [0.2, 0.25) is 15.9 Å². The highest BCUT2D eigenvalue weighted by molar-refractivity contribution is 7.88. The van der Waals surface area contributed by atoms with Crippen LogP contribution in [0, 0.1) is 0 Å². The lowest BCUT2D eigenvalue weighted by molar-refractivity contribution is -0.0169. The van der Waals surface area contributed by atoms with Crippen molar-refractivity contribution >= 4 is 10.0 Å². The predicted molar refractivity (Wildman–Crippen MR) is 90.5 cm³/mol. The summed E-state index contributed by atoms with van der Waals surface area (Å²) < 4.78 is 47.7. The number of fused-ring (bicyclic) bond motifs is 1. The third kappa shape index (κ3) is 3.39. The first-order valence-corrected chi connectivity index (χ1v) is 10.2. The number of morpholine rings is 1. The minimum absolute atomic E-state index is 0.146. The van der Waals surface area contributed by atoms with Gasteiger partial charge in [-0.1, -0.05) is 6.07 Å². The lowest BCUT2D eigenvalue weighted by Crippen LogP contribution is -2.41. The van der Waals surface area contributed by atoms with Crippen molar-refractivity contribution in [3.63, 3.8) is 0 Å². The smallest absolute Gasteiger partial charge is 0.251 e. The molecule has 4 rings (SSSR count). The molecular weight excluding hydrogens is 362 g/mol. The Morgan fingerprint density at radius 2 is 2.00 bits per heavy atom. The van der Waals surface area contributed by atoms with Gasteiger partial charge in [0.05, 0.1) is 31.6 Å². The molecule has 1 aromatic carbocycles. The third-order valence-electron chi connectivity index (χ3n) is 4.22. The van der Waals surface area contributed by atoms with Crippen molar-refractivity contribution in [2.24, 2.45) is 0 Å². The summed E-state index contributed by atoms with van der Waals surface area (Å²) in [7, 11) is -3.30. The van der Waals surface area contributed by atoms with Crippen molar-refractivity contribution in [3.05, 3.63) is 24.1 Å². The summed E-state index contributed by atoms with van der Waals surface area (Å²) in [6, 6.07) is 5.47. The Morgan fingerprint density at radius 3 is 2.85 bits per heavy atom. The van der Waals surface area contributed by atoms with Crippen LogP contribution in [0.4, 0.5) is 0 Å². The number of rotatable bonds is 3. The van der Waals surface area contributed by atoms with Gasteiger partial charge in [-0.2, -0.15) is 4.31 Å². The maximum absolute atomic E-state index is 11.8. The molecule has 1 unspecified atom stereocenters. The number of nitrogens with zero attached hydrogens (tertiary/aromatic N) is 3. The molecule has 0 saturated carbocycles. The molecule has 1 saturated heterocycles. The van der Waals surface area contributed by atoms with Gasteiger partial charge in [0, 0.05) is 19.5 Å². The standard InChI is InChI=1S/C16H19N3O6S/c1-26(20,21)19-6-9-23-13(10-19)16-18-17-15(25-16)11-4-2-5-12-14(11)24-8-3-7-22-12/h2,4-5,13H,3,6-10H2,1H3. The predicted octanol–water partition coefficient (Wildman–Crippen LogP) is 1.23. The molecule has 140 valence electrons. The molecule has 0 bridgehead atoms. The molecular formula is C16H19N3O6S. The molecule has 26 heavy (non-hydrogen) atoms. The fraction of sp³-hybridized carbons (Fsp3) is 0.500. The van der Waals surface area contributed by atoms with Crippen LogP contribution in [0.2, 0.25) is 0 Å². The van der Waals surface area contributed by atoms with Crippen molar-refractivity contribution in [1.82, 2.24) is 14.5 Å². The van der Waals surface area contributed by atoms with Crippen molar-refractivity contribution in [1.29, 1.82) is 0 Å². The molecule has 2 aliphatic heterocycles. The summed E-state index contributed by atoms with van der Waals surface area (Å²) >= 11 is 0. The minimum Gasteiger partial charge on any atom is -0.490 e. The minimum atomic E-state index is -3.30. The van der Waals surface area contributed by atoms with Gasteiger partial charge in [0.1, 0.15) is 6.10 Å². The number of para-hydroxylation sites is 1. The Hall–Kier alpha value is -2.17. The van der Waals surface area contributed by atoms with Crippen LogP contribution in [-0.4, -0.2) is 62.1 Å². The first-order valence-electron chi connectivity index (χ1n) is 8.31. The molecule has 9 nitrogen and oxygen atoms in total. The van der Waals surface area contributed by atoms with Crippen LogP contribution in [0.1, 0.15) is 18.4 Å². The van der Waals surface area contributed by atoms with E-state index in [9.17, 15) is 8.42 Å².